The Balaban J connectivity index is 1.84. The molecule has 1 aliphatic rings. The van der Waals surface area contributed by atoms with Crippen LogP contribution in [0, 0.1) is 6.92 Å². The number of carbonyl (C=O) groups excluding carboxylic acids is 2. The van der Waals surface area contributed by atoms with Crippen LogP contribution in [0.5, 0.6) is 11.5 Å². The average Bonchev–Trinajstić information content (AvgIpc) is 3.34. The SMILES string of the molecule is Cc1cc2c(c(C(=O)NC(C)C)c1NC(=O)c1cc(C(F)(F)F)nn1-c1ncccc1Cl)OC(F)(F)O2. The van der Waals surface area contributed by atoms with Crippen molar-refractivity contribution in [1.82, 2.24) is 20.1 Å². The van der Waals surface area contributed by atoms with Gasteiger partial charge in [-0.2, -0.15) is 18.3 Å². The largest absolute Gasteiger partial charge is 0.586 e. The summed E-state index contributed by atoms with van der Waals surface area (Å²) in [4.78, 5) is 30.1. The van der Waals surface area contributed by atoms with Crippen molar-refractivity contribution in [1.29, 1.82) is 0 Å². The highest BCUT2D eigenvalue weighted by Gasteiger charge is 2.47. The first-order valence-corrected chi connectivity index (χ1v) is 10.9. The number of nitrogens with one attached hydrogen (secondary N) is 2. The van der Waals surface area contributed by atoms with E-state index in [1.54, 1.807) is 13.8 Å². The molecule has 37 heavy (non-hydrogen) atoms. The second kappa shape index (κ2) is 9.18. The maximum absolute atomic E-state index is 13.8. The van der Waals surface area contributed by atoms with Crippen molar-refractivity contribution < 1.29 is 41.0 Å². The molecule has 1 aromatic carbocycles. The van der Waals surface area contributed by atoms with Crippen LogP contribution in [0.3, 0.4) is 0 Å². The third kappa shape index (κ3) is 5.14. The lowest BCUT2D eigenvalue weighted by molar-refractivity contribution is -0.286. The van der Waals surface area contributed by atoms with Crippen LogP contribution >= 0.6 is 11.6 Å². The Kier molecular flexibility index (Phi) is 6.48. The quantitative estimate of drug-likeness (QED) is 0.439. The van der Waals surface area contributed by atoms with E-state index in [4.69, 9.17) is 11.6 Å². The lowest BCUT2D eigenvalue weighted by Crippen LogP contribution is -2.32. The van der Waals surface area contributed by atoms with E-state index in [1.165, 1.54) is 25.3 Å². The van der Waals surface area contributed by atoms with Crippen LogP contribution in [-0.2, 0) is 6.18 Å². The summed E-state index contributed by atoms with van der Waals surface area (Å²) in [5, 5.41) is 8.15. The Hall–Kier alpha value is -3.94. The molecule has 0 aliphatic carbocycles. The van der Waals surface area contributed by atoms with Crippen LogP contribution < -0.4 is 20.1 Å². The summed E-state index contributed by atoms with van der Waals surface area (Å²) in [6.45, 7) is 4.58. The van der Waals surface area contributed by atoms with Gasteiger partial charge in [0.25, 0.3) is 11.8 Å². The second-order valence-corrected chi connectivity index (χ2v) is 8.56. The van der Waals surface area contributed by atoms with E-state index in [0.29, 0.717) is 10.7 Å². The fraction of sp³-hybridized carbons (Fsp3) is 0.273. The molecule has 196 valence electrons. The van der Waals surface area contributed by atoms with E-state index in [2.05, 4.69) is 30.2 Å². The Morgan fingerprint density at radius 3 is 2.49 bits per heavy atom. The van der Waals surface area contributed by atoms with Crippen LogP contribution in [0.25, 0.3) is 5.82 Å². The van der Waals surface area contributed by atoms with Gasteiger partial charge >= 0.3 is 12.5 Å². The number of ether oxygens (including phenoxy) is 2. The normalized spacial score (nSPS) is 14.1. The number of nitrogens with zero attached hydrogens (tertiary/aromatic N) is 3. The molecule has 0 radical (unpaired) electrons. The number of fused-ring (bicyclic) bond motifs is 1. The summed E-state index contributed by atoms with van der Waals surface area (Å²) < 4.78 is 77.5. The molecule has 0 fully saturated rings. The highest BCUT2D eigenvalue weighted by molar-refractivity contribution is 6.32. The third-order valence-electron chi connectivity index (χ3n) is 4.95. The van der Waals surface area contributed by atoms with Crippen molar-refractivity contribution >= 4 is 29.1 Å². The lowest BCUT2D eigenvalue weighted by atomic mass is 10.0. The van der Waals surface area contributed by atoms with Crippen LogP contribution in [0.15, 0.2) is 30.5 Å². The number of rotatable bonds is 5. The molecule has 0 saturated heterocycles. The zero-order chi connectivity index (χ0) is 27.3. The number of aryl methyl sites for hydroxylation is 1. The number of hydrogen-bond acceptors (Lipinski definition) is 6. The maximum Gasteiger partial charge on any atom is 0.586 e. The topological polar surface area (TPSA) is 107 Å². The smallest absolute Gasteiger partial charge is 0.395 e. The van der Waals surface area contributed by atoms with Crippen LogP contribution in [0.1, 0.15) is 46.0 Å². The van der Waals surface area contributed by atoms with Gasteiger partial charge in [0.05, 0.1) is 10.7 Å². The van der Waals surface area contributed by atoms with Gasteiger partial charge in [-0.1, -0.05) is 11.6 Å². The number of carbonyl (C=O) groups is 2. The molecule has 0 unspecified atom stereocenters. The van der Waals surface area contributed by atoms with Crippen molar-refractivity contribution in [2.24, 2.45) is 0 Å². The number of hydrogen-bond donors (Lipinski definition) is 2. The van der Waals surface area contributed by atoms with Gasteiger partial charge in [0.2, 0.25) is 0 Å². The summed E-state index contributed by atoms with van der Waals surface area (Å²) in [6.07, 6.45) is -7.78. The van der Waals surface area contributed by atoms with Gasteiger partial charge in [0, 0.05) is 18.3 Å². The standard InChI is InChI=1S/C22H17ClF5N5O4/c1-9(2)30-20(35)15-16(10(3)7-13-17(15)37-22(27,28)36-13)31-19(34)12-8-14(21(24,25)26)32-33(12)18-11(23)5-4-6-29-18/h4-9H,1-3H3,(H,30,35)(H,31,34). The summed E-state index contributed by atoms with van der Waals surface area (Å²) in [5.41, 5.74) is -2.78. The predicted octanol–water partition coefficient (Wildman–Crippen LogP) is 4.96. The molecule has 0 saturated carbocycles. The summed E-state index contributed by atoms with van der Waals surface area (Å²) in [7, 11) is 0. The molecular weight excluding hydrogens is 529 g/mol. The summed E-state index contributed by atoms with van der Waals surface area (Å²) in [5.74, 6) is -3.45. The Morgan fingerprint density at radius 2 is 1.86 bits per heavy atom. The molecule has 1 aliphatic heterocycles. The Morgan fingerprint density at radius 1 is 1.16 bits per heavy atom. The summed E-state index contributed by atoms with van der Waals surface area (Å²) in [6, 6.07) is 3.86. The van der Waals surface area contributed by atoms with Crippen molar-refractivity contribution in [3.05, 3.63) is 58.0 Å². The molecule has 4 rings (SSSR count). The lowest BCUT2D eigenvalue weighted by Gasteiger charge is -2.17. The van der Waals surface area contributed by atoms with Gasteiger partial charge in [-0.05, 0) is 44.5 Å². The zero-order valence-electron chi connectivity index (χ0n) is 19.2. The van der Waals surface area contributed by atoms with Crippen LogP contribution in [-0.4, -0.2) is 38.9 Å². The number of amides is 2. The van der Waals surface area contributed by atoms with Crippen molar-refractivity contribution in [2.45, 2.75) is 39.3 Å². The molecule has 2 aromatic heterocycles. The molecule has 9 nitrogen and oxygen atoms in total. The first-order valence-electron chi connectivity index (χ1n) is 10.5. The Labute approximate surface area is 210 Å². The first kappa shape index (κ1) is 26.1. The van der Waals surface area contributed by atoms with Crippen molar-refractivity contribution in [2.75, 3.05) is 5.32 Å². The van der Waals surface area contributed by atoms with Crippen molar-refractivity contribution in [3.8, 4) is 17.3 Å². The highest BCUT2D eigenvalue weighted by atomic mass is 35.5. The van der Waals surface area contributed by atoms with Gasteiger partial charge in [-0.15, -0.1) is 8.78 Å². The molecule has 3 heterocycles. The molecule has 0 spiro atoms. The summed E-state index contributed by atoms with van der Waals surface area (Å²) >= 11 is 6.06. The van der Waals surface area contributed by atoms with Gasteiger partial charge in [-0.3, -0.25) is 9.59 Å². The monoisotopic (exact) mass is 545 g/mol. The third-order valence-corrected chi connectivity index (χ3v) is 5.24. The first-order chi connectivity index (χ1) is 17.2. The molecule has 3 aromatic rings. The molecule has 0 bridgehead atoms. The predicted molar refractivity (Wildman–Crippen MR) is 119 cm³/mol. The van der Waals surface area contributed by atoms with E-state index in [0.717, 1.165) is 6.07 Å². The second-order valence-electron chi connectivity index (χ2n) is 8.15. The molecule has 2 N–H and O–H groups in total. The zero-order valence-corrected chi connectivity index (χ0v) is 20.0. The number of anilines is 1. The van der Waals surface area contributed by atoms with E-state index < -0.39 is 58.8 Å². The van der Waals surface area contributed by atoms with E-state index in [9.17, 15) is 31.5 Å². The van der Waals surface area contributed by atoms with Crippen LogP contribution in [0.2, 0.25) is 5.02 Å². The molecule has 0 atom stereocenters. The highest BCUT2D eigenvalue weighted by Crippen LogP contribution is 2.47. The molecular formula is C22H17ClF5N5O4. The van der Waals surface area contributed by atoms with Crippen LogP contribution in [0.4, 0.5) is 27.6 Å². The maximum atomic E-state index is 13.8. The number of alkyl halides is 5. The number of pyridine rings is 1. The van der Waals surface area contributed by atoms with E-state index in [-0.39, 0.29) is 22.1 Å². The molecule has 2 amide bonds. The number of aromatic nitrogens is 3. The van der Waals surface area contributed by atoms with Gasteiger partial charge in [0.15, 0.2) is 23.0 Å². The number of benzene rings is 1. The van der Waals surface area contributed by atoms with E-state index >= 15 is 0 Å². The fourth-order valence-electron chi connectivity index (χ4n) is 3.48. The minimum Gasteiger partial charge on any atom is -0.395 e. The minimum absolute atomic E-state index is 0.0836. The minimum atomic E-state index is -4.93. The average molecular weight is 546 g/mol. The number of halogens is 6. The fourth-order valence-corrected chi connectivity index (χ4v) is 3.68. The van der Waals surface area contributed by atoms with Gasteiger partial charge < -0.3 is 20.1 Å². The van der Waals surface area contributed by atoms with Crippen molar-refractivity contribution in [3.63, 3.8) is 0 Å². The molecule has 15 heteroatoms. The van der Waals surface area contributed by atoms with E-state index in [1.807, 2.05) is 0 Å². The van der Waals surface area contributed by atoms with Gasteiger partial charge in [-0.25, -0.2) is 9.67 Å². The van der Waals surface area contributed by atoms with Gasteiger partial charge in [0.1, 0.15) is 11.3 Å². The Bertz CT molecular complexity index is 1410.